The van der Waals surface area contributed by atoms with E-state index in [9.17, 15) is 4.79 Å². The Morgan fingerprint density at radius 1 is 1.59 bits per heavy atom. The van der Waals surface area contributed by atoms with Crippen molar-refractivity contribution in [1.82, 2.24) is 4.90 Å². The van der Waals surface area contributed by atoms with E-state index in [0.717, 1.165) is 24.4 Å². The minimum absolute atomic E-state index is 0.0454. The molecule has 1 aliphatic rings. The van der Waals surface area contributed by atoms with Gasteiger partial charge in [0.05, 0.1) is 12.6 Å². The largest absolute Gasteiger partial charge is 0.464 e. The van der Waals surface area contributed by atoms with Crippen LogP contribution in [0.2, 0.25) is 0 Å². The summed E-state index contributed by atoms with van der Waals surface area (Å²) in [4.78, 5) is 14.0. The van der Waals surface area contributed by atoms with Gasteiger partial charge in [-0.2, -0.15) is 0 Å². The van der Waals surface area contributed by atoms with Crippen molar-refractivity contribution in [3.63, 3.8) is 0 Å². The van der Waals surface area contributed by atoms with Crippen LogP contribution < -0.4 is 5.73 Å². The number of rotatable bonds is 5. The smallest absolute Gasteiger partial charge is 0.240 e. The van der Waals surface area contributed by atoms with Crippen molar-refractivity contribution >= 4 is 5.91 Å². The van der Waals surface area contributed by atoms with Gasteiger partial charge >= 0.3 is 0 Å². The molecule has 1 amide bonds. The van der Waals surface area contributed by atoms with Crippen molar-refractivity contribution in [1.29, 1.82) is 0 Å². The second-order valence-electron chi connectivity index (χ2n) is 4.72. The van der Waals surface area contributed by atoms with E-state index in [4.69, 9.17) is 10.2 Å². The average molecular weight is 236 g/mol. The fourth-order valence-corrected chi connectivity index (χ4v) is 1.90. The quantitative estimate of drug-likeness (QED) is 0.848. The predicted molar refractivity (Wildman–Crippen MR) is 65.3 cm³/mol. The summed E-state index contributed by atoms with van der Waals surface area (Å²) >= 11 is 0. The highest BCUT2D eigenvalue weighted by Crippen LogP contribution is 2.29. The maximum Gasteiger partial charge on any atom is 0.240 e. The van der Waals surface area contributed by atoms with E-state index >= 15 is 0 Å². The zero-order valence-electron chi connectivity index (χ0n) is 10.5. The maximum absolute atomic E-state index is 12.1. The van der Waals surface area contributed by atoms with Gasteiger partial charge in [-0.3, -0.25) is 4.79 Å². The number of nitrogens with zero attached hydrogens (tertiary/aromatic N) is 1. The molecule has 1 fully saturated rings. The molecule has 0 radical (unpaired) electrons. The Kier molecular flexibility index (Phi) is 3.52. The second kappa shape index (κ2) is 4.92. The van der Waals surface area contributed by atoms with Crippen molar-refractivity contribution in [3.8, 4) is 0 Å². The topological polar surface area (TPSA) is 59.5 Å². The molecule has 0 aromatic carbocycles. The van der Waals surface area contributed by atoms with Gasteiger partial charge in [0.2, 0.25) is 5.91 Å². The summed E-state index contributed by atoms with van der Waals surface area (Å²) in [7, 11) is 0. The second-order valence-corrected chi connectivity index (χ2v) is 4.72. The lowest BCUT2D eigenvalue weighted by Crippen LogP contribution is -2.44. The molecule has 4 heteroatoms. The Bertz CT molecular complexity index is 396. The molecule has 4 nitrogen and oxygen atoms in total. The zero-order valence-corrected chi connectivity index (χ0v) is 10.5. The van der Waals surface area contributed by atoms with Crippen LogP contribution >= 0.6 is 0 Å². The molecule has 2 N–H and O–H groups in total. The van der Waals surface area contributed by atoms with E-state index < -0.39 is 0 Å². The highest BCUT2D eigenvalue weighted by atomic mass is 16.3. The van der Waals surface area contributed by atoms with Crippen LogP contribution in [-0.2, 0) is 11.3 Å². The molecular formula is C13H20N2O2. The first-order valence-corrected chi connectivity index (χ1v) is 6.23. The summed E-state index contributed by atoms with van der Waals surface area (Å²) in [5.74, 6) is 1.76. The summed E-state index contributed by atoms with van der Waals surface area (Å²) in [6, 6.07) is 3.83. The van der Waals surface area contributed by atoms with Crippen molar-refractivity contribution in [3.05, 3.63) is 23.7 Å². The highest BCUT2D eigenvalue weighted by Gasteiger charge is 2.34. The first-order valence-electron chi connectivity index (χ1n) is 6.23. The Balaban J connectivity index is 2.05. The van der Waals surface area contributed by atoms with E-state index in [1.807, 2.05) is 30.9 Å². The summed E-state index contributed by atoms with van der Waals surface area (Å²) in [5.41, 5.74) is 5.82. The van der Waals surface area contributed by atoms with Crippen LogP contribution in [0.4, 0.5) is 0 Å². The fourth-order valence-electron chi connectivity index (χ4n) is 1.90. The summed E-state index contributed by atoms with van der Waals surface area (Å²) < 4.78 is 5.52. The van der Waals surface area contributed by atoms with Gasteiger partial charge in [0.15, 0.2) is 0 Å². The fraction of sp³-hybridized carbons (Fsp3) is 0.615. The van der Waals surface area contributed by atoms with Crippen LogP contribution in [-0.4, -0.2) is 22.9 Å². The van der Waals surface area contributed by atoms with Gasteiger partial charge in [0.25, 0.3) is 0 Å². The minimum atomic E-state index is -0.383. The van der Waals surface area contributed by atoms with Gasteiger partial charge in [0.1, 0.15) is 11.5 Å². The first-order chi connectivity index (χ1) is 8.11. The van der Waals surface area contributed by atoms with Gasteiger partial charge in [0, 0.05) is 6.04 Å². The number of nitrogens with two attached hydrogens (primary N) is 1. The van der Waals surface area contributed by atoms with Gasteiger partial charge < -0.3 is 15.1 Å². The number of amides is 1. The average Bonchev–Trinajstić information content (AvgIpc) is 3.08. The molecule has 1 aromatic heterocycles. The predicted octanol–water partition coefficient (Wildman–Crippen LogP) is 1.82. The monoisotopic (exact) mass is 236 g/mol. The number of hydrogen-bond acceptors (Lipinski definition) is 3. The van der Waals surface area contributed by atoms with Gasteiger partial charge in [-0.25, -0.2) is 0 Å². The van der Waals surface area contributed by atoms with Gasteiger partial charge in [-0.05, 0) is 38.3 Å². The van der Waals surface area contributed by atoms with Crippen molar-refractivity contribution < 1.29 is 9.21 Å². The molecule has 0 unspecified atom stereocenters. The standard InChI is InChI=1S/C13H20N2O2/c1-3-12(14)13(16)15(10-5-6-10)8-11-7-4-9(2)17-11/h4,7,10,12H,3,5-6,8,14H2,1-2H3/t12-/m0/s1. The van der Waals surface area contributed by atoms with E-state index in [-0.39, 0.29) is 11.9 Å². The highest BCUT2D eigenvalue weighted by molar-refractivity contribution is 5.82. The van der Waals surface area contributed by atoms with Crippen LogP contribution in [0.1, 0.15) is 37.7 Å². The van der Waals surface area contributed by atoms with Gasteiger partial charge in [-0.15, -0.1) is 0 Å². The van der Waals surface area contributed by atoms with Gasteiger partial charge in [-0.1, -0.05) is 6.92 Å². The third-order valence-electron chi connectivity index (χ3n) is 3.15. The number of furan rings is 1. The Morgan fingerprint density at radius 3 is 2.76 bits per heavy atom. The molecule has 1 heterocycles. The molecule has 0 saturated heterocycles. The number of hydrogen-bond donors (Lipinski definition) is 1. The van der Waals surface area contributed by atoms with E-state index in [0.29, 0.717) is 19.0 Å². The Labute approximate surface area is 102 Å². The third kappa shape index (κ3) is 2.88. The number of aryl methyl sites for hydroxylation is 1. The Morgan fingerprint density at radius 2 is 2.29 bits per heavy atom. The summed E-state index contributed by atoms with van der Waals surface area (Å²) in [6.07, 6.45) is 2.85. The number of carbonyl (C=O) groups is 1. The van der Waals surface area contributed by atoms with Crippen LogP contribution in [0.3, 0.4) is 0 Å². The molecule has 1 atom stereocenters. The van der Waals surface area contributed by atoms with Crippen LogP contribution in [0.5, 0.6) is 0 Å². The van der Waals surface area contributed by atoms with E-state index in [1.54, 1.807) is 0 Å². The zero-order chi connectivity index (χ0) is 12.4. The van der Waals surface area contributed by atoms with E-state index in [1.165, 1.54) is 0 Å². The SMILES string of the molecule is CC[C@H](N)C(=O)N(Cc1ccc(C)o1)C1CC1. The minimum Gasteiger partial charge on any atom is -0.464 e. The van der Waals surface area contributed by atoms with Crippen LogP contribution in [0.15, 0.2) is 16.5 Å². The molecule has 0 spiro atoms. The lowest BCUT2D eigenvalue weighted by molar-refractivity contribution is -0.134. The molecule has 0 aliphatic heterocycles. The molecule has 1 aromatic rings. The van der Waals surface area contributed by atoms with E-state index in [2.05, 4.69) is 0 Å². The summed E-state index contributed by atoms with van der Waals surface area (Å²) in [6.45, 7) is 4.39. The molecule has 1 saturated carbocycles. The molecule has 1 aliphatic carbocycles. The molecule has 2 rings (SSSR count). The molecule has 17 heavy (non-hydrogen) atoms. The van der Waals surface area contributed by atoms with Crippen molar-refractivity contribution in [2.75, 3.05) is 0 Å². The lowest BCUT2D eigenvalue weighted by Gasteiger charge is -2.24. The normalized spacial score (nSPS) is 16.9. The summed E-state index contributed by atoms with van der Waals surface area (Å²) in [5, 5.41) is 0. The molecule has 0 bridgehead atoms. The Hall–Kier alpha value is -1.29. The van der Waals surface area contributed by atoms with Crippen molar-refractivity contribution in [2.45, 2.75) is 51.7 Å². The maximum atomic E-state index is 12.1. The molecule has 94 valence electrons. The third-order valence-corrected chi connectivity index (χ3v) is 3.15. The number of carbonyl (C=O) groups excluding carboxylic acids is 1. The van der Waals surface area contributed by atoms with Crippen molar-refractivity contribution in [2.24, 2.45) is 5.73 Å². The first kappa shape index (κ1) is 12.2. The molecular weight excluding hydrogens is 216 g/mol. The van der Waals surface area contributed by atoms with Crippen LogP contribution in [0, 0.1) is 6.92 Å². The van der Waals surface area contributed by atoms with Crippen LogP contribution in [0.25, 0.3) is 0 Å². The lowest BCUT2D eigenvalue weighted by atomic mass is 10.2.